The molecule has 0 aliphatic rings. The first kappa shape index (κ1) is 14.5. The molecule has 0 N–H and O–H groups in total. The predicted molar refractivity (Wildman–Crippen MR) is 92.9 cm³/mol. The van der Waals surface area contributed by atoms with Gasteiger partial charge in [-0.2, -0.15) is 0 Å². The Kier molecular flexibility index (Phi) is 3.50. The van der Waals surface area contributed by atoms with Crippen LogP contribution in [0.2, 0.25) is 0 Å². The van der Waals surface area contributed by atoms with Crippen LogP contribution in [0.4, 0.5) is 4.39 Å². The summed E-state index contributed by atoms with van der Waals surface area (Å²) in [6.45, 7) is 1.96. The van der Waals surface area contributed by atoms with Gasteiger partial charge in [-0.05, 0) is 36.8 Å². The number of fused-ring (bicyclic) bond motifs is 1. The summed E-state index contributed by atoms with van der Waals surface area (Å²) in [5.41, 5.74) is 4.01. The van der Waals surface area contributed by atoms with Crippen molar-refractivity contribution in [2.75, 3.05) is 0 Å². The van der Waals surface area contributed by atoms with Gasteiger partial charge in [0, 0.05) is 17.1 Å². The highest BCUT2D eigenvalue weighted by Gasteiger charge is 2.10. The summed E-state index contributed by atoms with van der Waals surface area (Å²) >= 11 is 0. The van der Waals surface area contributed by atoms with Gasteiger partial charge in [0.05, 0.1) is 11.2 Å². The summed E-state index contributed by atoms with van der Waals surface area (Å²) < 4.78 is 13.5. The number of halogens is 1. The van der Waals surface area contributed by atoms with E-state index in [4.69, 9.17) is 0 Å². The number of aromatic nitrogens is 3. The van der Waals surface area contributed by atoms with Crippen molar-refractivity contribution in [2.45, 2.75) is 6.92 Å². The third-order valence-electron chi connectivity index (χ3n) is 3.91. The highest BCUT2D eigenvalue weighted by molar-refractivity contribution is 5.79. The summed E-state index contributed by atoms with van der Waals surface area (Å²) in [6.07, 6.45) is 1.79. The Hall–Kier alpha value is -3.14. The van der Waals surface area contributed by atoms with Crippen LogP contribution in [0.15, 0.2) is 66.9 Å². The summed E-state index contributed by atoms with van der Waals surface area (Å²) in [5, 5.41) is 0.985. The average Bonchev–Trinajstić information content (AvgIpc) is 2.62. The standard InChI is InChI=1S/C20H14FN3/c1-13-9-10-18(23-19(13)14-6-4-7-16(21)11-14)20-22-12-15-5-2-3-8-17(15)24-20/h2-12H,1H3. The number of rotatable bonds is 2. The Morgan fingerprint density at radius 1 is 0.875 bits per heavy atom. The lowest BCUT2D eigenvalue weighted by Gasteiger charge is -2.08. The van der Waals surface area contributed by atoms with Crippen LogP contribution in [0.5, 0.6) is 0 Å². The van der Waals surface area contributed by atoms with E-state index in [2.05, 4.69) is 15.0 Å². The molecule has 4 aromatic rings. The molecule has 0 spiro atoms. The van der Waals surface area contributed by atoms with E-state index in [9.17, 15) is 4.39 Å². The van der Waals surface area contributed by atoms with Crippen LogP contribution < -0.4 is 0 Å². The molecule has 0 radical (unpaired) electrons. The number of nitrogens with zero attached hydrogens (tertiary/aromatic N) is 3. The van der Waals surface area contributed by atoms with Gasteiger partial charge in [-0.3, -0.25) is 0 Å². The van der Waals surface area contributed by atoms with Gasteiger partial charge in [-0.15, -0.1) is 0 Å². The molecular formula is C20H14FN3. The molecule has 0 aliphatic carbocycles. The van der Waals surface area contributed by atoms with Crippen molar-refractivity contribution in [2.24, 2.45) is 0 Å². The quantitative estimate of drug-likeness (QED) is 0.533. The Bertz CT molecular complexity index is 1040. The van der Waals surface area contributed by atoms with Crippen molar-refractivity contribution in [3.63, 3.8) is 0 Å². The summed E-state index contributed by atoms with van der Waals surface area (Å²) in [5.74, 6) is 0.285. The third-order valence-corrected chi connectivity index (χ3v) is 3.91. The minimum absolute atomic E-state index is 0.277. The second-order valence-corrected chi connectivity index (χ2v) is 5.62. The van der Waals surface area contributed by atoms with Crippen LogP contribution >= 0.6 is 0 Å². The van der Waals surface area contributed by atoms with Crippen molar-refractivity contribution < 1.29 is 4.39 Å². The number of hydrogen-bond donors (Lipinski definition) is 0. The van der Waals surface area contributed by atoms with Crippen LogP contribution in [0.25, 0.3) is 33.7 Å². The zero-order valence-corrected chi connectivity index (χ0v) is 13.1. The lowest BCUT2D eigenvalue weighted by molar-refractivity contribution is 0.628. The number of aryl methyl sites for hydroxylation is 1. The number of para-hydroxylation sites is 1. The van der Waals surface area contributed by atoms with Gasteiger partial charge in [-0.1, -0.05) is 36.4 Å². The van der Waals surface area contributed by atoms with Gasteiger partial charge >= 0.3 is 0 Å². The summed E-state index contributed by atoms with van der Waals surface area (Å²) in [4.78, 5) is 13.7. The van der Waals surface area contributed by atoms with Gasteiger partial charge in [-0.25, -0.2) is 19.3 Å². The van der Waals surface area contributed by atoms with Gasteiger partial charge in [0.25, 0.3) is 0 Å². The molecule has 0 bridgehead atoms. The zero-order valence-electron chi connectivity index (χ0n) is 13.1. The fourth-order valence-electron chi connectivity index (χ4n) is 2.68. The normalized spacial score (nSPS) is 10.9. The van der Waals surface area contributed by atoms with E-state index in [0.717, 1.165) is 27.7 Å². The highest BCUT2D eigenvalue weighted by Crippen LogP contribution is 2.25. The van der Waals surface area contributed by atoms with Crippen molar-refractivity contribution in [3.05, 3.63) is 78.2 Å². The maximum Gasteiger partial charge on any atom is 0.178 e. The van der Waals surface area contributed by atoms with Gasteiger partial charge in [0.1, 0.15) is 11.5 Å². The highest BCUT2D eigenvalue weighted by atomic mass is 19.1. The largest absolute Gasteiger partial charge is 0.244 e. The van der Waals surface area contributed by atoms with Crippen molar-refractivity contribution in [1.29, 1.82) is 0 Å². The first-order valence-electron chi connectivity index (χ1n) is 7.66. The molecule has 0 unspecified atom stereocenters. The van der Waals surface area contributed by atoms with Crippen molar-refractivity contribution >= 4 is 10.9 Å². The second kappa shape index (κ2) is 5.81. The Morgan fingerprint density at radius 2 is 1.75 bits per heavy atom. The Labute approximate surface area is 138 Å². The molecular weight excluding hydrogens is 301 g/mol. The van der Waals surface area contributed by atoms with Crippen LogP contribution in [0.1, 0.15) is 5.56 Å². The number of hydrogen-bond acceptors (Lipinski definition) is 3. The molecule has 4 heteroatoms. The molecule has 4 rings (SSSR count). The molecule has 2 heterocycles. The maximum atomic E-state index is 13.5. The van der Waals surface area contributed by atoms with E-state index in [-0.39, 0.29) is 5.82 Å². The minimum atomic E-state index is -0.277. The molecule has 0 amide bonds. The van der Waals surface area contributed by atoms with Crippen LogP contribution in [-0.2, 0) is 0 Å². The molecule has 0 atom stereocenters. The average molecular weight is 315 g/mol. The van der Waals surface area contributed by atoms with Gasteiger partial charge in [0.15, 0.2) is 5.82 Å². The van der Waals surface area contributed by atoms with Crippen LogP contribution in [0.3, 0.4) is 0 Å². The van der Waals surface area contributed by atoms with E-state index in [1.165, 1.54) is 12.1 Å². The van der Waals surface area contributed by atoms with E-state index < -0.39 is 0 Å². The van der Waals surface area contributed by atoms with Gasteiger partial charge < -0.3 is 0 Å². The Balaban J connectivity index is 1.85. The topological polar surface area (TPSA) is 38.7 Å². The predicted octanol–water partition coefficient (Wildman–Crippen LogP) is 4.81. The van der Waals surface area contributed by atoms with E-state index in [1.54, 1.807) is 12.3 Å². The summed E-state index contributed by atoms with van der Waals surface area (Å²) in [6, 6.07) is 18.1. The first-order valence-corrected chi connectivity index (χ1v) is 7.66. The Morgan fingerprint density at radius 3 is 2.62 bits per heavy atom. The van der Waals surface area contributed by atoms with E-state index in [0.29, 0.717) is 11.5 Å². The molecule has 2 aromatic carbocycles. The molecule has 2 aromatic heterocycles. The SMILES string of the molecule is Cc1ccc(-c2ncc3ccccc3n2)nc1-c1cccc(F)c1. The van der Waals surface area contributed by atoms with Crippen molar-refractivity contribution in [3.8, 4) is 22.8 Å². The monoisotopic (exact) mass is 315 g/mol. The van der Waals surface area contributed by atoms with E-state index >= 15 is 0 Å². The fourth-order valence-corrected chi connectivity index (χ4v) is 2.68. The zero-order chi connectivity index (χ0) is 16.5. The maximum absolute atomic E-state index is 13.5. The molecule has 0 aliphatic heterocycles. The molecule has 0 fully saturated rings. The molecule has 116 valence electrons. The van der Waals surface area contributed by atoms with Crippen LogP contribution in [-0.4, -0.2) is 15.0 Å². The minimum Gasteiger partial charge on any atom is -0.244 e. The summed E-state index contributed by atoms with van der Waals surface area (Å²) in [7, 11) is 0. The first-order chi connectivity index (χ1) is 11.7. The van der Waals surface area contributed by atoms with Gasteiger partial charge in [0.2, 0.25) is 0 Å². The number of benzene rings is 2. The lowest BCUT2D eigenvalue weighted by atomic mass is 10.1. The smallest absolute Gasteiger partial charge is 0.178 e. The molecule has 24 heavy (non-hydrogen) atoms. The van der Waals surface area contributed by atoms with Crippen LogP contribution in [0, 0.1) is 12.7 Å². The molecule has 0 saturated carbocycles. The number of pyridine rings is 1. The third kappa shape index (κ3) is 2.63. The molecule has 3 nitrogen and oxygen atoms in total. The molecule has 0 saturated heterocycles. The second-order valence-electron chi connectivity index (χ2n) is 5.62. The van der Waals surface area contributed by atoms with E-state index in [1.807, 2.05) is 49.4 Å². The van der Waals surface area contributed by atoms with Crippen molar-refractivity contribution in [1.82, 2.24) is 15.0 Å². The fraction of sp³-hybridized carbons (Fsp3) is 0.0500. The lowest BCUT2D eigenvalue weighted by Crippen LogP contribution is -1.96.